The summed E-state index contributed by atoms with van der Waals surface area (Å²) in [5, 5.41) is 3.47. The normalized spacial score (nSPS) is 18.4. The molecule has 0 radical (unpaired) electrons. The van der Waals surface area contributed by atoms with Gasteiger partial charge in [0.15, 0.2) is 0 Å². The van der Waals surface area contributed by atoms with Crippen molar-refractivity contribution in [3.63, 3.8) is 0 Å². The lowest BCUT2D eigenvalue weighted by Crippen LogP contribution is -2.34. The lowest BCUT2D eigenvalue weighted by molar-refractivity contribution is -0.00482. The van der Waals surface area contributed by atoms with Crippen molar-refractivity contribution in [1.82, 2.24) is 5.32 Å². The largest absolute Gasteiger partial charge is 0.385 e. The number of rotatable bonds is 8. The summed E-state index contributed by atoms with van der Waals surface area (Å²) in [5.74, 6) is 0.152. The van der Waals surface area contributed by atoms with Gasteiger partial charge in [-0.15, -0.1) is 0 Å². The molecule has 2 unspecified atom stereocenters. The zero-order valence-corrected chi connectivity index (χ0v) is 16.3. The minimum Gasteiger partial charge on any atom is -0.385 e. The van der Waals surface area contributed by atoms with Gasteiger partial charge in [0.2, 0.25) is 0 Å². The van der Waals surface area contributed by atoms with Crippen LogP contribution in [-0.2, 0) is 9.47 Å². The average molecular weight is 371 g/mol. The van der Waals surface area contributed by atoms with Crippen molar-refractivity contribution in [3.8, 4) is 11.1 Å². The standard InChI is InChI=1S/C23H30FNO2/c1-17-7-3-8-18(15-17)22-20(10-4-11-21(22)24)23(27-14-6-13-26-2)19-9-5-12-25-16-19/h3-4,7-8,10-11,15,19,23,25H,5-6,9,12-14,16H2,1-2H3. The number of hydrogen-bond acceptors (Lipinski definition) is 3. The molecule has 0 aliphatic carbocycles. The molecule has 1 aliphatic rings. The van der Waals surface area contributed by atoms with E-state index in [4.69, 9.17) is 9.47 Å². The van der Waals surface area contributed by atoms with E-state index in [0.29, 0.717) is 24.7 Å². The first-order valence-electron chi connectivity index (χ1n) is 9.87. The predicted octanol–water partition coefficient (Wildman–Crippen LogP) is 4.89. The molecule has 3 rings (SSSR count). The Labute approximate surface area is 161 Å². The Morgan fingerprint density at radius 3 is 2.78 bits per heavy atom. The van der Waals surface area contributed by atoms with Crippen LogP contribution in [-0.4, -0.2) is 33.4 Å². The van der Waals surface area contributed by atoms with E-state index >= 15 is 0 Å². The van der Waals surface area contributed by atoms with Crippen LogP contribution in [0.1, 0.15) is 36.5 Å². The van der Waals surface area contributed by atoms with Crippen molar-refractivity contribution in [2.45, 2.75) is 32.3 Å². The molecule has 0 aromatic heterocycles. The summed E-state index contributed by atoms with van der Waals surface area (Å²) < 4.78 is 26.4. The molecule has 2 aromatic carbocycles. The van der Waals surface area contributed by atoms with E-state index in [0.717, 1.165) is 49.0 Å². The Bertz CT molecular complexity index is 728. The molecule has 2 aromatic rings. The molecule has 1 fully saturated rings. The highest BCUT2D eigenvalue weighted by molar-refractivity contribution is 5.69. The first kappa shape index (κ1) is 20.0. The number of ether oxygens (including phenoxy) is 2. The molecule has 27 heavy (non-hydrogen) atoms. The van der Waals surface area contributed by atoms with Gasteiger partial charge in [0, 0.05) is 38.3 Å². The van der Waals surface area contributed by atoms with Crippen molar-refractivity contribution in [2.24, 2.45) is 5.92 Å². The summed E-state index contributed by atoms with van der Waals surface area (Å²) in [6, 6.07) is 13.4. The monoisotopic (exact) mass is 371 g/mol. The zero-order chi connectivity index (χ0) is 19.1. The number of methoxy groups -OCH3 is 1. The Balaban J connectivity index is 1.96. The van der Waals surface area contributed by atoms with Crippen molar-refractivity contribution in [2.75, 3.05) is 33.4 Å². The molecule has 0 spiro atoms. The van der Waals surface area contributed by atoms with Crippen LogP contribution in [0.25, 0.3) is 11.1 Å². The summed E-state index contributed by atoms with van der Waals surface area (Å²) in [6.45, 7) is 5.26. The molecule has 1 aliphatic heterocycles. The summed E-state index contributed by atoms with van der Waals surface area (Å²) in [5.41, 5.74) is 3.66. The summed E-state index contributed by atoms with van der Waals surface area (Å²) in [7, 11) is 1.70. The van der Waals surface area contributed by atoms with Gasteiger partial charge in [-0.05, 0) is 49.9 Å². The van der Waals surface area contributed by atoms with Crippen molar-refractivity contribution >= 4 is 0 Å². The van der Waals surface area contributed by atoms with Gasteiger partial charge < -0.3 is 14.8 Å². The van der Waals surface area contributed by atoms with Crippen molar-refractivity contribution < 1.29 is 13.9 Å². The molecule has 0 saturated carbocycles. The summed E-state index contributed by atoms with van der Waals surface area (Å²) in [4.78, 5) is 0. The number of nitrogens with one attached hydrogen (secondary N) is 1. The molecular weight excluding hydrogens is 341 g/mol. The molecule has 4 heteroatoms. The zero-order valence-electron chi connectivity index (χ0n) is 16.3. The fraction of sp³-hybridized carbons (Fsp3) is 0.478. The molecule has 1 N–H and O–H groups in total. The second-order valence-corrected chi connectivity index (χ2v) is 7.32. The van der Waals surface area contributed by atoms with E-state index in [2.05, 4.69) is 5.32 Å². The van der Waals surface area contributed by atoms with Gasteiger partial charge in [-0.25, -0.2) is 4.39 Å². The maximum absolute atomic E-state index is 14.9. The molecule has 146 valence electrons. The minimum absolute atomic E-state index is 0.124. The molecular formula is C23H30FNO2. The third-order valence-corrected chi connectivity index (χ3v) is 5.21. The number of hydrogen-bond donors (Lipinski definition) is 1. The number of aryl methyl sites for hydroxylation is 1. The second kappa shape index (κ2) is 9.98. The number of piperidine rings is 1. The fourth-order valence-corrected chi connectivity index (χ4v) is 3.91. The van der Waals surface area contributed by atoms with Crippen LogP contribution in [0.2, 0.25) is 0 Å². The molecule has 2 atom stereocenters. The maximum atomic E-state index is 14.9. The van der Waals surface area contributed by atoms with Gasteiger partial charge in [-0.2, -0.15) is 0 Å². The van der Waals surface area contributed by atoms with Crippen LogP contribution in [0, 0.1) is 18.7 Å². The van der Waals surface area contributed by atoms with Crippen LogP contribution in [0.15, 0.2) is 42.5 Å². The summed E-state index contributed by atoms with van der Waals surface area (Å²) in [6.07, 6.45) is 2.92. The summed E-state index contributed by atoms with van der Waals surface area (Å²) >= 11 is 0. The minimum atomic E-state index is -0.188. The van der Waals surface area contributed by atoms with E-state index in [1.165, 1.54) is 0 Å². The van der Waals surface area contributed by atoms with Crippen molar-refractivity contribution in [3.05, 3.63) is 59.4 Å². The van der Waals surface area contributed by atoms with Crippen LogP contribution < -0.4 is 5.32 Å². The highest BCUT2D eigenvalue weighted by Crippen LogP contribution is 2.38. The van der Waals surface area contributed by atoms with E-state index < -0.39 is 0 Å². The second-order valence-electron chi connectivity index (χ2n) is 7.32. The smallest absolute Gasteiger partial charge is 0.131 e. The first-order chi connectivity index (χ1) is 13.2. The Kier molecular flexibility index (Phi) is 7.39. The molecule has 1 heterocycles. The van der Waals surface area contributed by atoms with Gasteiger partial charge in [0.25, 0.3) is 0 Å². The molecule has 0 amide bonds. The highest BCUT2D eigenvalue weighted by atomic mass is 19.1. The van der Waals surface area contributed by atoms with Gasteiger partial charge in [0.05, 0.1) is 6.10 Å². The lowest BCUT2D eigenvalue weighted by Gasteiger charge is -2.32. The third kappa shape index (κ3) is 5.16. The van der Waals surface area contributed by atoms with Crippen LogP contribution in [0.3, 0.4) is 0 Å². The van der Waals surface area contributed by atoms with Crippen LogP contribution in [0.5, 0.6) is 0 Å². The topological polar surface area (TPSA) is 30.5 Å². The lowest BCUT2D eigenvalue weighted by atomic mass is 9.85. The van der Waals surface area contributed by atoms with Gasteiger partial charge in [-0.3, -0.25) is 0 Å². The highest BCUT2D eigenvalue weighted by Gasteiger charge is 2.29. The predicted molar refractivity (Wildman–Crippen MR) is 107 cm³/mol. The molecule has 3 nitrogen and oxygen atoms in total. The molecule has 0 bridgehead atoms. The van der Waals surface area contributed by atoms with Crippen LogP contribution >= 0.6 is 0 Å². The molecule has 1 saturated heterocycles. The maximum Gasteiger partial charge on any atom is 0.131 e. The number of halogens is 1. The van der Waals surface area contributed by atoms with E-state index in [1.54, 1.807) is 19.2 Å². The fourth-order valence-electron chi connectivity index (χ4n) is 3.91. The Morgan fingerprint density at radius 1 is 1.19 bits per heavy atom. The van der Waals surface area contributed by atoms with Gasteiger partial charge in [-0.1, -0.05) is 42.0 Å². The number of benzene rings is 2. The average Bonchev–Trinajstić information content (AvgIpc) is 2.68. The van der Waals surface area contributed by atoms with Crippen LogP contribution in [0.4, 0.5) is 4.39 Å². The quantitative estimate of drug-likeness (QED) is 0.670. The van der Waals surface area contributed by atoms with E-state index in [1.807, 2.05) is 37.3 Å². The van der Waals surface area contributed by atoms with Gasteiger partial charge in [0.1, 0.15) is 5.82 Å². The van der Waals surface area contributed by atoms with E-state index in [9.17, 15) is 4.39 Å². The first-order valence-corrected chi connectivity index (χ1v) is 9.87. The Hall–Kier alpha value is -1.75. The van der Waals surface area contributed by atoms with Gasteiger partial charge >= 0.3 is 0 Å². The third-order valence-electron chi connectivity index (χ3n) is 5.21. The van der Waals surface area contributed by atoms with Crippen molar-refractivity contribution in [1.29, 1.82) is 0 Å². The van der Waals surface area contributed by atoms with E-state index in [-0.39, 0.29) is 11.9 Å². The SMILES string of the molecule is COCCCOC(c1cccc(F)c1-c1cccc(C)c1)C1CCCNC1. The Morgan fingerprint density at radius 2 is 2.04 bits per heavy atom.